The van der Waals surface area contributed by atoms with Crippen LogP contribution in [0.2, 0.25) is 0 Å². The van der Waals surface area contributed by atoms with Crippen LogP contribution in [0.3, 0.4) is 0 Å². The average Bonchev–Trinajstić information content (AvgIpc) is 2.90. The first-order valence-corrected chi connectivity index (χ1v) is 8.76. The molecule has 7 nitrogen and oxygen atoms in total. The summed E-state index contributed by atoms with van der Waals surface area (Å²) in [6, 6.07) is 3.76. The molecule has 21 heavy (non-hydrogen) atoms. The van der Waals surface area contributed by atoms with Gasteiger partial charge in [0.2, 0.25) is 0 Å². The van der Waals surface area contributed by atoms with Gasteiger partial charge >= 0.3 is 0 Å². The van der Waals surface area contributed by atoms with Gasteiger partial charge in [-0.3, -0.25) is 10.1 Å². The van der Waals surface area contributed by atoms with E-state index in [0.29, 0.717) is 18.7 Å². The lowest BCUT2D eigenvalue weighted by Gasteiger charge is -2.10. The highest BCUT2D eigenvalue weighted by Gasteiger charge is 2.18. The number of nitrogens with zero attached hydrogens (tertiary/aromatic N) is 2. The summed E-state index contributed by atoms with van der Waals surface area (Å²) in [6.45, 7) is 0.494. The largest absolute Gasteiger partial charge is 0.384 e. The molecule has 0 bridgehead atoms. The molecule has 112 valence electrons. The number of nitro groups is 1. The Labute approximate surface area is 125 Å². The van der Waals surface area contributed by atoms with Crippen LogP contribution in [0.15, 0.2) is 34.7 Å². The molecule has 1 aromatic heterocycles. The molecule has 0 saturated heterocycles. The van der Waals surface area contributed by atoms with Crippen molar-refractivity contribution in [1.82, 2.24) is 4.98 Å². The fourth-order valence-corrected chi connectivity index (χ4v) is 3.25. The van der Waals surface area contributed by atoms with Crippen LogP contribution in [0.4, 0.5) is 11.4 Å². The molecule has 0 radical (unpaired) electrons. The second-order valence-electron chi connectivity index (χ2n) is 4.31. The third-order valence-corrected chi connectivity index (χ3v) is 4.69. The van der Waals surface area contributed by atoms with Crippen LogP contribution >= 0.6 is 11.3 Å². The van der Waals surface area contributed by atoms with Gasteiger partial charge in [-0.2, -0.15) is 0 Å². The Hall–Kier alpha value is -2.00. The fraction of sp³-hybridized carbons (Fsp3) is 0.250. The highest BCUT2D eigenvalue weighted by molar-refractivity contribution is 7.90. The fourth-order valence-electron chi connectivity index (χ4n) is 1.76. The van der Waals surface area contributed by atoms with Gasteiger partial charge in [-0.25, -0.2) is 13.4 Å². The number of hydrogen-bond donors (Lipinski definition) is 1. The smallest absolute Gasteiger partial charge is 0.270 e. The van der Waals surface area contributed by atoms with E-state index in [1.54, 1.807) is 6.20 Å². The Kier molecular flexibility index (Phi) is 4.53. The monoisotopic (exact) mass is 327 g/mol. The summed E-state index contributed by atoms with van der Waals surface area (Å²) >= 11 is 1.52. The van der Waals surface area contributed by atoms with Gasteiger partial charge in [0.25, 0.3) is 5.69 Å². The Bertz CT molecular complexity index is 742. The van der Waals surface area contributed by atoms with Gasteiger partial charge in [0.1, 0.15) is 0 Å². The topological polar surface area (TPSA) is 102 Å². The lowest BCUT2D eigenvalue weighted by Crippen LogP contribution is -2.09. The highest BCUT2D eigenvalue weighted by atomic mass is 32.2. The van der Waals surface area contributed by atoms with Crippen LogP contribution < -0.4 is 5.32 Å². The molecule has 2 aromatic rings. The van der Waals surface area contributed by atoms with Gasteiger partial charge in [-0.15, -0.1) is 11.3 Å². The van der Waals surface area contributed by atoms with Crippen LogP contribution in [0.1, 0.15) is 5.01 Å². The SMILES string of the molecule is CS(=O)(=O)c1cc([N+](=O)[O-])ccc1NCCc1nccs1. The zero-order valence-corrected chi connectivity index (χ0v) is 12.8. The number of benzene rings is 1. The summed E-state index contributed by atoms with van der Waals surface area (Å²) < 4.78 is 23.5. The number of nitro benzene ring substituents is 1. The summed E-state index contributed by atoms with van der Waals surface area (Å²) in [5, 5.41) is 16.5. The molecule has 0 aliphatic heterocycles. The van der Waals surface area contributed by atoms with E-state index in [1.165, 1.54) is 23.5 Å². The molecule has 0 saturated carbocycles. The minimum atomic E-state index is -3.55. The third-order valence-electron chi connectivity index (χ3n) is 2.71. The summed E-state index contributed by atoms with van der Waals surface area (Å²) in [5.41, 5.74) is 0.112. The molecular formula is C12H13N3O4S2. The zero-order valence-electron chi connectivity index (χ0n) is 11.1. The van der Waals surface area contributed by atoms with Crippen molar-refractivity contribution in [2.45, 2.75) is 11.3 Å². The predicted octanol–water partition coefficient (Wildman–Crippen LogP) is 2.11. The maximum absolute atomic E-state index is 11.7. The summed E-state index contributed by atoms with van der Waals surface area (Å²) in [7, 11) is -3.55. The minimum absolute atomic E-state index is 0.0733. The number of hydrogen-bond acceptors (Lipinski definition) is 7. The van der Waals surface area contributed by atoms with E-state index < -0.39 is 14.8 Å². The van der Waals surface area contributed by atoms with Crippen molar-refractivity contribution in [1.29, 1.82) is 0 Å². The summed E-state index contributed by atoms with van der Waals surface area (Å²) in [5.74, 6) is 0. The lowest BCUT2D eigenvalue weighted by molar-refractivity contribution is -0.385. The third kappa shape index (κ3) is 3.99. The van der Waals surface area contributed by atoms with Crippen molar-refractivity contribution >= 4 is 32.5 Å². The summed E-state index contributed by atoms with van der Waals surface area (Å²) in [6.07, 6.45) is 3.38. The number of nitrogens with one attached hydrogen (secondary N) is 1. The van der Waals surface area contributed by atoms with Crippen molar-refractivity contribution in [2.75, 3.05) is 18.1 Å². The number of rotatable bonds is 6. The predicted molar refractivity (Wildman–Crippen MR) is 80.5 cm³/mol. The van der Waals surface area contributed by atoms with E-state index in [1.807, 2.05) is 5.38 Å². The van der Waals surface area contributed by atoms with Crippen LogP contribution in [0.25, 0.3) is 0 Å². The van der Waals surface area contributed by atoms with Crippen molar-refractivity contribution in [3.05, 3.63) is 44.9 Å². The van der Waals surface area contributed by atoms with E-state index in [0.717, 1.165) is 17.3 Å². The number of non-ortho nitro benzene ring substituents is 1. The van der Waals surface area contributed by atoms with Crippen LogP contribution in [0.5, 0.6) is 0 Å². The van der Waals surface area contributed by atoms with Crippen LogP contribution in [-0.2, 0) is 16.3 Å². The van der Waals surface area contributed by atoms with Crippen molar-refractivity contribution in [3.8, 4) is 0 Å². The number of aromatic nitrogens is 1. The number of thiazole rings is 1. The van der Waals surface area contributed by atoms with E-state index in [-0.39, 0.29) is 10.6 Å². The van der Waals surface area contributed by atoms with E-state index in [4.69, 9.17) is 0 Å². The Balaban J connectivity index is 2.20. The second kappa shape index (κ2) is 6.19. The van der Waals surface area contributed by atoms with Gasteiger partial charge in [0.15, 0.2) is 9.84 Å². The normalized spacial score (nSPS) is 11.3. The van der Waals surface area contributed by atoms with Gasteiger partial charge < -0.3 is 5.32 Å². The second-order valence-corrected chi connectivity index (χ2v) is 7.28. The molecule has 1 aromatic carbocycles. The van der Waals surface area contributed by atoms with Gasteiger partial charge in [-0.05, 0) is 6.07 Å². The molecule has 2 rings (SSSR count). The molecule has 1 heterocycles. The molecule has 0 unspecified atom stereocenters. The van der Waals surface area contributed by atoms with Gasteiger partial charge in [0, 0.05) is 42.9 Å². The first kappa shape index (κ1) is 15.4. The maximum atomic E-state index is 11.7. The molecule has 0 aliphatic carbocycles. The van der Waals surface area contributed by atoms with E-state index >= 15 is 0 Å². The standard InChI is InChI=1S/C12H13N3O4S2/c1-21(18,19)11-8-9(15(16)17)2-3-10(11)13-5-4-12-14-6-7-20-12/h2-3,6-8,13H,4-5H2,1H3. The number of sulfone groups is 1. The van der Waals surface area contributed by atoms with Gasteiger partial charge in [0.05, 0.1) is 20.5 Å². The first-order chi connectivity index (χ1) is 9.88. The average molecular weight is 327 g/mol. The van der Waals surface area contributed by atoms with Gasteiger partial charge in [-0.1, -0.05) is 0 Å². The van der Waals surface area contributed by atoms with Crippen molar-refractivity contribution < 1.29 is 13.3 Å². The minimum Gasteiger partial charge on any atom is -0.384 e. The Morgan fingerprint density at radius 2 is 2.19 bits per heavy atom. The lowest BCUT2D eigenvalue weighted by atomic mass is 10.2. The maximum Gasteiger partial charge on any atom is 0.270 e. The Morgan fingerprint density at radius 3 is 2.76 bits per heavy atom. The van der Waals surface area contributed by atoms with Crippen LogP contribution in [-0.4, -0.2) is 31.1 Å². The molecule has 0 fully saturated rings. The zero-order chi connectivity index (χ0) is 15.5. The summed E-state index contributed by atoms with van der Waals surface area (Å²) in [4.78, 5) is 14.2. The molecule has 1 N–H and O–H groups in total. The van der Waals surface area contributed by atoms with Crippen molar-refractivity contribution in [2.24, 2.45) is 0 Å². The molecule has 0 spiro atoms. The molecule has 9 heteroatoms. The first-order valence-electron chi connectivity index (χ1n) is 5.98. The molecule has 0 aliphatic rings. The molecular weight excluding hydrogens is 314 g/mol. The van der Waals surface area contributed by atoms with E-state index in [2.05, 4.69) is 10.3 Å². The Morgan fingerprint density at radius 1 is 1.43 bits per heavy atom. The number of anilines is 1. The molecule has 0 atom stereocenters. The highest BCUT2D eigenvalue weighted by Crippen LogP contribution is 2.26. The van der Waals surface area contributed by atoms with E-state index in [9.17, 15) is 18.5 Å². The molecule has 0 amide bonds. The quantitative estimate of drug-likeness (QED) is 0.644. The van der Waals surface area contributed by atoms with Crippen molar-refractivity contribution in [3.63, 3.8) is 0 Å². The van der Waals surface area contributed by atoms with Crippen LogP contribution in [0, 0.1) is 10.1 Å².